The number of nitrogens with zero attached hydrogens (tertiary/aromatic N) is 1. The minimum atomic E-state index is -0.657. The quantitative estimate of drug-likeness (QED) is 0.173. The molecule has 2 saturated carbocycles. The lowest BCUT2D eigenvalue weighted by Crippen LogP contribution is -2.48. The highest BCUT2D eigenvalue weighted by molar-refractivity contribution is 6.38. The van der Waals surface area contributed by atoms with E-state index >= 15 is 0 Å². The Balaban J connectivity index is 1.55. The van der Waals surface area contributed by atoms with Gasteiger partial charge < -0.3 is 4.90 Å². The summed E-state index contributed by atoms with van der Waals surface area (Å²) in [6.45, 7) is 12.4. The summed E-state index contributed by atoms with van der Waals surface area (Å²) < 4.78 is 0. The molecule has 4 rings (SSSR count). The average Bonchev–Trinajstić information content (AvgIpc) is 3.88. The number of hydrogen-bond donors (Lipinski definition) is 0. The van der Waals surface area contributed by atoms with Gasteiger partial charge in [0.25, 0.3) is 0 Å². The Morgan fingerprint density at radius 1 is 0.911 bits per heavy atom. The van der Waals surface area contributed by atoms with Crippen LogP contribution in [0.3, 0.4) is 0 Å². The molecule has 2 aliphatic carbocycles. The molecule has 7 nitrogen and oxygen atoms in total. The Hall–Kier alpha value is -2.44. The molecule has 7 heteroatoms. The Labute approximate surface area is 270 Å². The zero-order valence-corrected chi connectivity index (χ0v) is 28.3. The van der Waals surface area contributed by atoms with E-state index in [9.17, 15) is 28.8 Å². The minimum Gasteiger partial charge on any atom is -0.332 e. The topological polar surface area (TPSA) is 106 Å². The largest absolute Gasteiger partial charge is 0.332 e. The van der Waals surface area contributed by atoms with E-state index in [4.69, 9.17) is 0 Å². The lowest BCUT2D eigenvalue weighted by molar-refractivity contribution is -0.145. The van der Waals surface area contributed by atoms with Crippen LogP contribution < -0.4 is 0 Å². The van der Waals surface area contributed by atoms with Gasteiger partial charge in [-0.05, 0) is 55.3 Å². The van der Waals surface area contributed by atoms with Gasteiger partial charge in [-0.3, -0.25) is 28.8 Å². The fourth-order valence-electron chi connectivity index (χ4n) is 8.31. The molecule has 6 atom stereocenters. The summed E-state index contributed by atoms with van der Waals surface area (Å²) in [6.07, 6.45) is 12.1. The molecular formula is C38H57NO6. The molecular weight excluding hydrogens is 566 g/mol. The fourth-order valence-corrected chi connectivity index (χ4v) is 8.31. The number of carbonyl (C=O) groups is 6. The number of amides is 1. The van der Waals surface area contributed by atoms with Crippen molar-refractivity contribution in [2.45, 2.75) is 136 Å². The van der Waals surface area contributed by atoms with E-state index in [1.807, 2.05) is 13.8 Å². The van der Waals surface area contributed by atoms with Gasteiger partial charge in [0.15, 0.2) is 11.6 Å². The van der Waals surface area contributed by atoms with Crippen LogP contribution in [-0.2, 0) is 28.8 Å². The zero-order valence-electron chi connectivity index (χ0n) is 28.3. The predicted molar refractivity (Wildman–Crippen MR) is 174 cm³/mol. The van der Waals surface area contributed by atoms with Gasteiger partial charge in [0.05, 0.1) is 6.04 Å². The van der Waals surface area contributed by atoms with Gasteiger partial charge in [0.1, 0.15) is 11.6 Å². The summed E-state index contributed by atoms with van der Waals surface area (Å²) in [4.78, 5) is 82.7. The molecule has 2 aliphatic heterocycles. The number of hydrogen-bond acceptors (Lipinski definition) is 6. The third-order valence-electron chi connectivity index (χ3n) is 11.5. The maximum atomic E-state index is 14.3. The van der Waals surface area contributed by atoms with E-state index in [1.165, 1.54) is 0 Å². The number of Topliss-reactive ketones (excluding diaryl/α,β-unsaturated/α-hetero) is 5. The second kappa shape index (κ2) is 15.4. The number of allylic oxidation sites excluding steroid dienone is 1. The smallest absolute Gasteiger partial charge is 0.226 e. The van der Waals surface area contributed by atoms with Gasteiger partial charge in [-0.2, -0.15) is 0 Å². The van der Waals surface area contributed by atoms with Gasteiger partial charge in [-0.25, -0.2) is 0 Å². The number of ketones is 5. The van der Waals surface area contributed by atoms with Gasteiger partial charge in [-0.1, -0.05) is 78.7 Å². The maximum Gasteiger partial charge on any atom is 0.226 e. The summed E-state index contributed by atoms with van der Waals surface area (Å²) in [5, 5.41) is 0. The second-order valence-electron chi connectivity index (χ2n) is 15.6. The first kappa shape index (κ1) is 35.4. The van der Waals surface area contributed by atoms with Crippen molar-refractivity contribution in [1.82, 2.24) is 4.90 Å². The highest BCUT2D eigenvalue weighted by Crippen LogP contribution is 2.65. The fraction of sp³-hybridized carbons (Fsp3) is 0.789. The molecule has 0 aromatic rings. The lowest BCUT2D eigenvalue weighted by Gasteiger charge is -2.33. The van der Waals surface area contributed by atoms with E-state index in [0.717, 1.165) is 57.8 Å². The van der Waals surface area contributed by atoms with Crippen LogP contribution in [0.5, 0.6) is 0 Å². The van der Waals surface area contributed by atoms with Crippen molar-refractivity contribution < 1.29 is 28.8 Å². The summed E-state index contributed by atoms with van der Waals surface area (Å²) in [6, 6.07) is -0.624. The van der Waals surface area contributed by atoms with Crippen LogP contribution in [0.25, 0.3) is 0 Å². The van der Waals surface area contributed by atoms with Crippen molar-refractivity contribution in [2.75, 3.05) is 6.54 Å². The van der Waals surface area contributed by atoms with Crippen LogP contribution in [0.1, 0.15) is 130 Å². The Kier molecular flexibility index (Phi) is 12.1. The standard InChI is InChI=1S/C38H57NO6/c1-6-7-17-31(41)36(44)26-15-13-11-9-8-10-12-14-16-27(20-28(40)22-29(24(2)3)35(43)25-18-19-25)37(45)39-23-30-33(38(30,4)5)34(39)32(42)21-26/h6,24-27,29-30,33-34H,1,7-23H2,2-5H3/t26-,27-,29+,30+,33+,34-/m1/s1. The first-order valence-corrected chi connectivity index (χ1v) is 17.9. The monoisotopic (exact) mass is 623 g/mol. The zero-order chi connectivity index (χ0) is 32.9. The molecule has 0 unspecified atom stereocenters. The van der Waals surface area contributed by atoms with Crippen LogP contribution in [-0.4, -0.2) is 52.3 Å². The molecule has 45 heavy (non-hydrogen) atoms. The third kappa shape index (κ3) is 8.68. The highest BCUT2D eigenvalue weighted by atomic mass is 16.2. The van der Waals surface area contributed by atoms with Crippen molar-refractivity contribution >= 4 is 34.8 Å². The van der Waals surface area contributed by atoms with Crippen molar-refractivity contribution in [3.05, 3.63) is 12.7 Å². The normalized spacial score (nSPS) is 29.9. The molecule has 4 fully saturated rings. The SMILES string of the molecule is C=CCCC(=O)C(=O)[C@@H]1CCCCCCCCC[C@H](CC(=O)C[C@H](C(=O)C2CC2)C(C)C)C(=O)N2C[C@H]3[C@@H]([C@H]2C(=O)C1)C3(C)C. The molecule has 2 saturated heterocycles. The second-order valence-corrected chi connectivity index (χ2v) is 15.6. The maximum absolute atomic E-state index is 14.3. The first-order valence-electron chi connectivity index (χ1n) is 17.9. The first-order chi connectivity index (χ1) is 21.4. The number of carbonyl (C=O) groups excluding carboxylic acids is 6. The van der Waals surface area contributed by atoms with Gasteiger partial charge in [0, 0.05) is 55.9 Å². The Morgan fingerprint density at radius 3 is 2.13 bits per heavy atom. The number of piperidine rings is 1. The van der Waals surface area contributed by atoms with E-state index < -0.39 is 29.4 Å². The third-order valence-corrected chi connectivity index (χ3v) is 11.5. The molecule has 0 bridgehead atoms. The summed E-state index contributed by atoms with van der Waals surface area (Å²) >= 11 is 0. The molecule has 2 heterocycles. The number of fused-ring (bicyclic) bond motifs is 3. The molecule has 250 valence electrons. The molecule has 0 aromatic heterocycles. The van der Waals surface area contributed by atoms with Crippen molar-refractivity contribution in [3.63, 3.8) is 0 Å². The van der Waals surface area contributed by atoms with Crippen LogP contribution in [0.4, 0.5) is 0 Å². The average molecular weight is 624 g/mol. The molecule has 0 N–H and O–H groups in total. The van der Waals surface area contributed by atoms with Crippen LogP contribution >= 0.6 is 0 Å². The lowest BCUT2D eigenvalue weighted by atomic mass is 9.82. The van der Waals surface area contributed by atoms with E-state index in [0.29, 0.717) is 25.8 Å². The van der Waals surface area contributed by atoms with Crippen LogP contribution in [0, 0.1) is 46.8 Å². The van der Waals surface area contributed by atoms with Crippen LogP contribution in [0.15, 0.2) is 12.7 Å². The summed E-state index contributed by atoms with van der Waals surface area (Å²) in [5.74, 6) is -2.06. The van der Waals surface area contributed by atoms with Crippen molar-refractivity contribution in [2.24, 2.45) is 46.8 Å². The number of rotatable bonds is 12. The molecule has 0 radical (unpaired) electrons. The molecule has 4 aliphatic rings. The highest BCUT2D eigenvalue weighted by Gasteiger charge is 2.69. The van der Waals surface area contributed by atoms with Crippen molar-refractivity contribution in [1.29, 1.82) is 0 Å². The Bertz CT molecular complexity index is 1150. The summed E-state index contributed by atoms with van der Waals surface area (Å²) in [7, 11) is 0. The van der Waals surface area contributed by atoms with E-state index in [2.05, 4.69) is 20.4 Å². The van der Waals surface area contributed by atoms with Gasteiger partial charge in [-0.15, -0.1) is 6.58 Å². The van der Waals surface area contributed by atoms with Crippen LogP contribution in [0.2, 0.25) is 0 Å². The van der Waals surface area contributed by atoms with E-state index in [1.54, 1.807) is 11.0 Å². The van der Waals surface area contributed by atoms with Gasteiger partial charge in [0.2, 0.25) is 11.7 Å². The predicted octanol–water partition coefficient (Wildman–Crippen LogP) is 6.89. The molecule has 0 spiro atoms. The molecule has 0 aromatic carbocycles. The summed E-state index contributed by atoms with van der Waals surface area (Å²) in [5.41, 5.74) is -0.0732. The molecule has 1 amide bonds. The van der Waals surface area contributed by atoms with Crippen molar-refractivity contribution in [3.8, 4) is 0 Å². The Morgan fingerprint density at radius 2 is 1.53 bits per heavy atom. The minimum absolute atomic E-state index is 0.0185. The van der Waals surface area contributed by atoms with Gasteiger partial charge >= 0.3 is 0 Å². The van der Waals surface area contributed by atoms with E-state index in [-0.39, 0.29) is 83.9 Å².